The van der Waals surface area contributed by atoms with Crippen molar-refractivity contribution in [3.05, 3.63) is 0 Å². The van der Waals surface area contributed by atoms with E-state index in [1.165, 1.54) is 0 Å². The number of hydrogen-bond acceptors (Lipinski definition) is 1. The molecule has 0 saturated heterocycles. The number of rotatable bonds is 4. The van der Waals surface area contributed by atoms with E-state index in [1.54, 1.807) is 0 Å². The molecule has 1 atom stereocenters. The van der Waals surface area contributed by atoms with Crippen LogP contribution in [0.25, 0.3) is 0 Å². The number of ether oxygens (including phenoxy) is 1. The first-order chi connectivity index (χ1) is 4.74. The third-order valence-corrected chi connectivity index (χ3v) is 1.58. The van der Waals surface area contributed by atoms with E-state index >= 15 is 0 Å². The molecule has 0 aromatic heterocycles. The van der Waals surface area contributed by atoms with E-state index in [9.17, 15) is 0 Å². The van der Waals surface area contributed by atoms with E-state index in [0.717, 1.165) is 12.8 Å². The van der Waals surface area contributed by atoms with Gasteiger partial charge >= 0.3 is 0 Å². The van der Waals surface area contributed by atoms with Crippen molar-refractivity contribution in [2.75, 3.05) is 0 Å². The standard InChI is InChI=1S/C8H13ClO/c1-4-7(5-2)10-8(9)6-3/h3,7-8H,4-5H2,1-2H3. The summed E-state index contributed by atoms with van der Waals surface area (Å²) < 4.78 is 5.23. The van der Waals surface area contributed by atoms with E-state index < -0.39 is 5.56 Å². The van der Waals surface area contributed by atoms with Gasteiger partial charge in [-0.3, -0.25) is 0 Å². The molecule has 0 aromatic rings. The normalized spacial score (nSPS) is 13.1. The smallest absolute Gasteiger partial charge is 0.192 e. The monoisotopic (exact) mass is 160 g/mol. The lowest BCUT2D eigenvalue weighted by atomic mass is 10.2. The van der Waals surface area contributed by atoms with Crippen molar-refractivity contribution < 1.29 is 4.74 Å². The zero-order chi connectivity index (χ0) is 7.98. The first kappa shape index (κ1) is 9.81. The second-order valence-corrected chi connectivity index (χ2v) is 2.45. The fraction of sp³-hybridized carbons (Fsp3) is 0.750. The van der Waals surface area contributed by atoms with Crippen LogP contribution in [0.3, 0.4) is 0 Å². The Bertz CT molecular complexity index is 113. The lowest BCUT2D eigenvalue weighted by Gasteiger charge is -2.14. The Hall–Kier alpha value is -0.190. The van der Waals surface area contributed by atoms with Crippen molar-refractivity contribution in [3.8, 4) is 12.3 Å². The van der Waals surface area contributed by atoms with Crippen molar-refractivity contribution in [2.45, 2.75) is 38.4 Å². The summed E-state index contributed by atoms with van der Waals surface area (Å²) in [5.74, 6) is 2.31. The first-order valence-corrected chi connectivity index (χ1v) is 3.93. The third-order valence-electron chi connectivity index (χ3n) is 1.35. The average molecular weight is 161 g/mol. The Labute approximate surface area is 67.7 Å². The van der Waals surface area contributed by atoms with Crippen LogP contribution in [0.15, 0.2) is 0 Å². The predicted molar refractivity (Wildman–Crippen MR) is 43.9 cm³/mol. The van der Waals surface area contributed by atoms with Gasteiger partial charge in [-0.05, 0) is 12.8 Å². The maximum atomic E-state index is 5.56. The molecule has 1 unspecified atom stereocenters. The van der Waals surface area contributed by atoms with Crippen molar-refractivity contribution in [1.29, 1.82) is 0 Å². The molecule has 0 heterocycles. The third kappa shape index (κ3) is 3.76. The van der Waals surface area contributed by atoms with Gasteiger partial charge in [0.05, 0.1) is 6.10 Å². The van der Waals surface area contributed by atoms with Crippen LogP contribution in [0.5, 0.6) is 0 Å². The molecule has 58 valence electrons. The molecule has 0 fully saturated rings. The van der Waals surface area contributed by atoms with Crippen LogP contribution >= 0.6 is 11.6 Å². The Morgan fingerprint density at radius 1 is 1.50 bits per heavy atom. The van der Waals surface area contributed by atoms with Gasteiger partial charge in [0.25, 0.3) is 0 Å². The Morgan fingerprint density at radius 3 is 2.30 bits per heavy atom. The molecule has 0 amide bonds. The molecule has 1 nitrogen and oxygen atoms in total. The number of terminal acetylenes is 1. The van der Waals surface area contributed by atoms with E-state index in [-0.39, 0.29) is 6.10 Å². The summed E-state index contributed by atoms with van der Waals surface area (Å²) in [5.41, 5.74) is -0.565. The van der Waals surface area contributed by atoms with Crippen LogP contribution in [-0.2, 0) is 4.74 Å². The molecule has 0 bridgehead atoms. The van der Waals surface area contributed by atoms with Gasteiger partial charge in [-0.25, -0.2) is 0 Å². The van der Waals surface area contributed by atoms with E-state index in [0.29, 0.717) is 0 Å². The van der Waals surface area contributed by atoms with Gasteiger partial charge < -0.3 is 4.74 Å². The quantitative estimate of drug-likeness (QED) is 0.453. The van der Waals surface area contributed by atoms with Crippen LogP contribution in [0.2, 0.25) is 0 Å². The summed E-state index contributed by atoms with van der Waals surface area (Å²) >= 11 is 5.56. The van der Waals surface area contributed by atoms with Gasteiger partial charge in [-0.15, -0.1) is 6.42 Å². The fourth-order valence-electron chi connectivity index (χ4n) is 0.689. The molecule has 10 heavy (non-hydrogen) atoms. The molecular weight excluding hydrogens is 148 g/mol. The number of hydrogen-bond donors (Lipinski definition) is 0. The highest BCUT2D eigenvalue weighted by atomic mass is 35.5. The van der Waals surface area contributed by atoms with Crippen molar-refractivity contribution in [2.24, 2.45) is 0 Å². The van der Waals surface area contributed by atoms with Crippen LogP contribution in [0.1, 0.15) is 26.7 Å². The molecule has 0 aliphatic carbocycles. The van der Waals surface area contributed by atoms with Gasteiger partial charge in [-0.2, -0.15) is 0 Å². The maximum absolute atomic E-state index is 5.56. The van der Waals surface area contributed by atoms with E-state index in [4.69, 9.17) is 22.8 Å². The maximum Gasteiger partial charge on any atom is 0.192 e. The van der Waals surface area contributed by atoms with Crippen LogP contribution < -0.4 is 0 Å². The minimum Gasteiger partial charge on any atom is -0.348 e. The van der Waals surface area contributed by atoms with Gasteiger partial charge in [0.2, 0.25) is 0 Å². The number of halogens is 1. The second-order valence-electron chi connectivity index (χ2n) is 2.06. The van der Waals surface area contributed by atoms with Crippen molar-refractivity contribution in [3.63, 3.8) is 0 Å². The lowest BCUT2D eigenvalue weighted by molar-refractivity contribution is 0.0519. The summed E-state index contributed by atoms with van der Waals surface area (Å²) in [7, 11) is 0. The molecule has 0 saturated carbocycles. The Kier molecular flexibility index (Phi) is 5.48. The van der Waals surface area contributed by atoms with Crippen LogP contribution in [0.4, 0.5) is 0 Å². The molecule has 0 radical (unpaired) electrons. The van der Waals surface area contributed by atoms with Gasteiger partial charge in [-0.1, -0.05) is 31.4 Å². The van der Waals surface area contributed by atoms with Crippen molar-refractivity contribution in [1.82, 2.24) is 0 Å². The highest BCUT2D eigenvalue weighted by Gasteiger charge is 2.07. The summed E-state index contributed by atoms with van der Waals surface area (Å²) in [4.78, 5) is 0. The number of alkyl halides is 1. The lowest BCUT2D eigenvalue weighted by Crippen LogP contribution is -2.15. The highest BCUT2D eigenvalue weighted by Crippen LogP contribution is 2.08. The summed E-state index contributed by atoms with van der Waals surface area (Å²) in [5, 5.41) is 0. The molecule has 0 N–H and O–H groups in total. The molecule has 0 spiro atoms. The van der Waals surface area contributed by atoms with Crippen LogP contribution in [-0.4, -0.2) is 11.7 Å². The molecule has 0 aliphatic heterocycles. The largest absolute Gasteiger partial charge is 0.348 e. The summed E-state index contributed by atoms with van der Waals surface area (Å²) in [6.45, 7) is 4.10. The molecule has 0 aromatic carbocycles. The Morgan fingerprint density at radius 2 is 2.00 bits per heavy atom. The molecular formula is C8H13ClO. The minimum absolute atomic E-state index is 0.207. The first-order valence-electron chi connectivity index (χ1n) is 3.50. The average Bonchev–Trinajstić information content (AvgIpc) is 1.99. The van der Waals surface area contributed by atoms with Crippen molar-refractivity contribution >= 4 is 11.6 Å². The summed E-state index contributed by atoms with van der Waals surface area (Å²) in [6, 6.07) is 0. The second kappa shape index (κ2) is 5.58. The topological polar surface area (TPSA) is 9.23 Å². The van der Waals surface area contributed by atoms with Crippen LogP contribution in [0, 0.1) is 12.3 Å². The van der Waals surface area contributed by atoms with Gasteiger partial charge in [0.1, 0.15) is 0 Å². The van der Waals surface area contributed by atoms with E-state index in [2.05, 4.69) is 5.92 Å². The molecule has 2 heteroatoms. The van der Waals surface area contributed by atoms with E-state index in [1.807, 2.05) is 13.8 Å². The zero-order valence-electron chi connectivity index (χ0n) is 6.43. The molecule has 0 rings (SSSR count). The minimum atomic E-state index is -0.565. The highest BCUT2D eigenvalue weighted by molar-refractivity contribution is 6.21. The predicted octanol–water partition coefficient (Wildman–Crippen LogP) is 2.39. The summed E-state index contributed by atoms with van der Waals surface area (Å²) in [6.07, 6.45) is 7.15. The Balaban J connectivity index is 3.54. The molecule has 0 aliphatic rings. The van der Waals surface area contributed by atoms with Gasteiger partial charge in [0.15, 0.2) is 5.56 Å². The van der Waals surface area contributed by atoms with Gasteiger partial charge in [0, 0.05) is 0 Å². The SMILES string of the molecule is C#CC(Cl)OC(CC)CC. The fourth-order valence-corrected chi connectivity index (χ4v) is 0.835. The zero-order valence-corrected chi connectivity index (χ0v) is 7.19.